The average molecular weight is 219 g/mol. The van der Waals surface area contributed by atoms with Gasteiger partial charge < -0.3 is 4.90 Å². The Morgan fingerprint density at radius 1 is 1.19 bits per heavy atom. The number of benzene rings is 1. The van der Waals surface area contributed by atoms with Crippen LogP contribution in [0.1, 0.15) is 30.6 Å². The minimum absolute atomic E-state index is 0.0170. The maximum atomic E-state index is 11.7. The summed E-state index contributed by atoms with van der Waals surface area (Å²) >= 11 is 0. The predicted molar refractivity (Wildman–Crippen MR) is 63.3 cm³/mol. The van der Waals surface area contributed by atoms with Gasteiger partial charge in [0.1, 0.15) is 0 Å². The molecule has 3 nitrogen and oxygen atoms in total. The summed E-state index contributed by atoms with van der Waals surface area (Å²) in [6.45, 7) is 4.59. The molecule has 0 spiro atoms. The molecule has 1 aromatic rings. The molecule has 1 amide bonds. The van der Waals surface area contributed by atoms with Crippen molar-refractivity contribution in [3.8, 4) is 0 Å². The predicted octanol–water partition coefficient (Wildman–Crippen LogP) is 2.13. The summed E-state index contributed by atoms with van der Waals surface area (Å²) in [5.41, 5.74) is 0.710. The second-order valence-electron chi connectivity index (χ2n) is 3.64. The molecule has 0 N–H and O–H groups in total. The molecule has 86 valence electrons. The van der Waals surface area contributed by atoms with Crippen LogP contribution in [0.4, 0.5) is 0 Å². The van der Waals surface area contributed by atoms with Gasteiger partial charge in [-0.15, -0.1) is 0 Å². The number of hydrogen-bond donors (Lipinski definition) is 0. The fraction of sp³-hybridized carbons (Fsp3) is 0.385. The molecule has 0 aliphatic rings. The zero-order chi connectivity index (χ0) is 12.0. The summed E-state index contributed by atoms with van der Waals surface area (Å²) in [7, 11) is 0. The lowest BCUT2D eigenvalue weighted by atomic mass is 10.1. The third-order valence-corrected chi connectivity index (χ3v) is 2.53. The molecule has 0 aromatic heterocycles. The molecule has 1 aromatic carbocycles. The van der Waals surface area contributed by atoms with Crippen LogP contribution in [0.2, 0.25) is 0 Å². The van der Waals surface area contributed by atoms with Gasteiger partial charge >= 0.3 is 0 Å². The first-order valence-electron chi connectivity index (χ1n) is 5.49. The minimum Gasteiger partial charge on any atom is -0.343 e. The van der Waals surface area contributed by atoms with Crippen molar-refractivity contribution in [2.75, 3.05) is 13.1 Å². The van der Waals surface area contributed by atoms with E-state index < -0.39 is 0 Å². The van der Waals surface area contributed by atoms with Gasteiger partial charge in [0.15, 0.2) is 5.78 Å². The molecule has 0 unspecified atom stereocenters. The van der Waals surface area contributed by atoms with Gasteiger partial charge in [0, 0.05) is 32.0 Å². The van der Waals surface area contributed by atoms with Gasteiger partial charge in [0.25, 0.3) is 0 Å². The topological polar surface area (TPSA) is 37.4 Å². The van der Waals surface area contributed by atoms with E-state index >= 15 is 0 Å². The molecule has 0 aliphatic heterocycles. The van der Waals surface area contributed by atoms with E-state index in [0.29, 0.717) is 25.1 Å². The SMILES string of the molecule is CCN(CCC(=O)c1ccccc1)C(C)=O. The molecule has 0 heterocycles. The summed E-state index contributed by atoms with van der Waals surface area (Å²) in [5, 5.41) is 0. The second kappa shape index (κ2) is 6.05. The molecule has 3 heteroatoms. The third kappa shape index (κ3) is 3.50. The van der Waals surface area contributed by atoms with E-state index in [2.05, 4.69) is 0 Å². The summed E-state index contributed by atoms with van der Waals surface area (Å²) in [6, 6.07) is 9.16. The van der Waals surface area contributed by atoms with Crippen molar-refractivity contribution in [3.05, 3.63) is 35.9 Å². The van der Waals surface area contributed by atoms with Gasteiger partial charge in [-0.2, -0.15) is 0 Å². The van der Waals surface area contributed by atoms with E-state index in [4.69, 9.17) is 0 Å². The van der Waals surface area contributed by atoms with Crippen molar-refractivity contribution in [2.24, 2.45) is 0 Å². The third-order valence-electron chi connectivity index (χ3n) is 2.53. The van der Waals surface area contributed by atoms with E-state index in [1.165, 1.54) is 6.92 Å². The zero-order valence-corrected chi connectivity index (χ0v) is 9.77. The van der Waals surface area contributed by atoms with E-state index in [0.717, 1.165) is 0 Å². The first-order valence-corrected chi connectivity index (χ1v) is 5.49. The zero-order valence-electron chi connectivity index (χ0n) is 9.77. The number of rotatable bonds is 5. The number of carbonyl (C=O) groups excluding carboxylic acids is 2. The van der Waals surface area contributed by atoms with Crippen LogP contribution in [0.25, 0.3) is 0 Å². The van der Waals surface area contributed by atoms with E-state index in [9.17, 15) is 9.59 Å². The lowest BCUT2D eigenvalue weighted by Crippen LogP contribution is -2.30. The first kappa shape index (κ1) is 12.4. The fourth-order valence-corrected chi connectivity index (χ4v) is 1.54. The number of Topliss-reactive ketones (excluding diaryl/α,β-unsaturated/α-hetero) is 1. The van der Waals surface area contributed by atoms with Crippen LogP contribution in [-0.2, 0) is 4.79 Å². The van der Waals surface area contributed by atoms with Crippen molar-refractivity contribution < 1.29 is 9.59 Å². The van der Waals surface area contributed by atoms with Gasteiger partial charge in [0.05, 0.1) is 0 Å². The number of ketones is 1. The Hall–Kier alpha value is -1.64. The Bertz CT molecular complexity index is 359. The Kier molecular flexibility index (Phi) is 4.70. The van der Waals surface area contributed by atoms with Gasteiger partial charge in [-0.1, -0.05) is 30.3 Å². The van der Waals surface area contributed by atoms with Gasteiger partial charge in [-0.25, -0.2) is 0 Å². The number of carbonyl (C=O) groups is 2. The summed E-state index contributed by atoms with van der Waals surface area (Å²) in [5.74, 6) is 0.101. The molecule has 16 heavy (non-hydrogen) atoms. The van der Waals surface area contributed by atoms with Crippen molar-refractivity contribution in [2.45, 2.75) is 20.3 Å². The van der Waals surface area contributed by atoms with Crippen molar-refractivity contribution >= 4 is 11.7 Å². The van der Waals surface area contributed by atoms with Crippen molar-refractivity contribution in [1.82, 2.24) is 4.90 Å². The molecule has 0 saturated heterocycles. The number of nitrogens with zero attached hydrogens (tertiary/aromatic N) is 1. The largest absolute Gasteiger partial charge is 0.343 e. The van der Waals surface area contributed by atoms with Crippen LogP contribution in [0.3, 0.4) is 0 Å². The van der Waals surface area contributed by atoms with Crippen LogP contribution in [0, 0.1) is 0 Å². The van der Waals surface area contributed by atoms with Gasteiger partial charge in [-0.05, 0) is 6.92 Å². The van der Waals surface area contributed by atoms with E-state index in [1.807, 2.05) is 25.1 Å². The molecule has 0 radical (unpaired) electrons. The fourth-order valence-electron chi connectivity index (χ4n) is 1.54. The highest BCUT2D eigenvalue weighted by Crippen LogP contribution is 2.04. The van der Waals surface area contributed by atoms with Crippen molar-refractivity contribution in [3.63, 3.8) is 0 Å². The molecule has 0 fully saturated rings. The number of hydrogen-bond acceptors (Lipinski definition) is 2. The Labute approximate surface area is 96.1 Å². The van der Waals surface area contributed by atoms with Crippen molar-refractivity contribution in [1.29, 1.82) is 0 Å². The van der Waals surface area contributed by atoms with Crippen LogP contribution in [0.5, 0.6) is 0 Å². The molecule has 0 aliphatic carbocycles. The lowest BCUT2D eigenvalue weighted by molar-refractivity contribution is -0.128. The Balaban J connectivity index is 2.50. The summed E-state index contributed by atoms with van der Waals surface area (Å²) in [6.07, 6.45) is 0.386. The van der Waals surface area contributed by atoms with E-state index in [-0.39, 0.29) is 11.7 Å². The quantitative estimate of drug-likeness (QED) is 0.711. The van der Waals surface area contributed by atoms with Crippen LogP contribution in [0.15, 0.2) is 30.3 Å². The standard InChI is InChI=1S/C13H17NO2/c1-3-14(11(2)15)10-9-13(16)12-7-5-4-6-8-12/h4-8H,3,9-10H2,1-2H3. The second-order valence-corrected chi connectivity index (χ2v) is 3.64. The molecule has 0 atom stereocenters. The number of amides is 1. The molecule has 0 bridgehead atoms. The first-order chi connectivity index (χ1) is 7.65. The average Bonchev–Trinajstić information content (AvgIpc) is 2.30. The molecule has 0 saturated carbocycles. The van der Waals surface area contributed by atoms with Crippen LogP contribution < -0.4 is 0 Å². The summed E-state index contributed by atoms with van der Waals surface area (Å²) < 4.78 is 0. The molecular weight excluding hydrogens is 202 g/mol. The maximum Gasteiger partial charge on any atom is 0.219 e. The highest BCUT2D eigenvalue weighted by molar-refractivity contribution is 5.96. The smallest absolute Gasteiger partial charge is 0.219 e. The highest BCUT2D eigenvalue weighted by atomic mass is 16.2. The highest BCUT2D eigenvalue weighted by Gasteiger charge is 2.10. The van der Waals surface area contributed by atoms with Gasteiger partial charge in [0.2, 0.25) is 5.91 Å². The maximum absolute atomic E-state index is 11.7. The molecular formula is C13H17NO2. The molecule has 1 rings (SSSR count). The minimum atomic E-state index is 0.0170. The summed E-state index contributed by atoms with van der Waals surface area (Å²) in [4.78, 5) is 24.6. The van der Waals surface area contributed by atoms with Crippen LogP contribution >= 0.6 is 0 Å². The Morgan fingerprint density at radius 3 is 2.31 bits per heavy atom. The van der Waals surface area contributed by atoms with E-state index in [1.54, 1.807) is 17.0 Å². The van der Waals surface area contributed by atoms with Gasteiger partial charge in [-0.3, -0.25) is 9.59 Å². The normalized spacial score (nSPS) is 9.88. The monoisotopic (exact) mass is 219 g/mol. The Morgan fingerprint density at radius 2 is 1.81 bits per heavy atom. The lowest BCUT2D eigenvalue weighted by Gasteiger charge is -2.17. The van der Waals surface area contributed by atoms with Crippen LogP contribution in [-0.4, -0.2) is 29.7 Å².